The van der Waals surface area contributed by atoms with Gasteiger partial charge in [0.2, 0.25) is 0 Å². The van der Waals surface area contributed by atoms with Crippen molar-refractivity contribution in [2.24, 2.45) is 0 Å². The monoisotopic (exact) mass is 232 g/mol. The van der Waals surface area contributed by atoms with Gasteiger partial charge in [-0.1, -0.05) is 6.92 Å². The Bertz CT molecular complexity index is 514. The molecule has 0 spiro atoms. The molecule has 0 aliphatic heterocycles. The standard InChI is InChI=1S/C14H20N2O/c1-4-15-9-12-7-11-5-6-13(17)8-14(11)16(12)10(2)3/h5-8,10,15,17H,4,9H2,1-3H3. The van der Waals surface area contributed by atoms with E-state index in [2.05, 4.69) is 36.7 Å². The molecule has 0 fully saturated rings. The number of nitrogens with zero attached hydrogens (tertiary/aromatic N) is 1. The van der Waals surface area contributed by atoms with E-state index in [9.17, 15) is 5.11 Å². The quantitative estimate of drug-likeness (QED) is 0.850. The molecule has 1 heterocycles. The van der Waals surface area contributed by atoms with Crippen LogP contribution < -0.4 is 5.32 Å². The van der Waals surface area contributed by atoms with Gasteiger partial charge in [-0.2, -0.15) is 0 Å². The Morgan fingerprint density at radius 3 is 2.71 bits per heavy atom. The van der Waals surface area contributed by atoms with Crippen molar-refractivity contribution in [2.75, 3.05) is 6.54 Å². The lowest BCUT2D eigenvalue weighted by Crippen LogP contribution is -2.16. The predicted molar refractivity (Wildman–Crippen MR) is 71.4 cm³/mol. The summed E-state index contributed by atoms with van der Waals surface area (Å²) >= 11 is 0. The molecule has 0 amide bonds. The predicted octanol–water partition coefficient (Wildman–Crippen LogP) is 3.04. The van der Waals surface area contributed by atoms with Gasteiger partial charge in [0, 0.05) is 29.7 Å². The van der Waals surface area contributed by atoms with Crippen LogP contribution in [0.3, 0.4) is 0 Å². The molecule has 0 radical (unpaired) electrons. The van der Waals surface area contributed by atoms with Gasteiger partial charge in [-0.25, -0.2) is 0 Å². The second-order valence-corrected chi connectivity index (χ2v) is 4.62. The van der Waals surface area contributed by atoms with Gasteiger partial charge >= 0.3 is 0 Å². The lowest BCUT2D eigenvalue weighted by molar-refractivity contribution is 0.475. The number of phenols is 1. The summed E-state index contributed by atoms with van der Waals surface area (Å²) in [6.07, 6.45) is 0. The molecule has 0 unspecified atom stereocenters. The van der Waals surface area contributed by atoms with Crippen LogP contribution in [0.2, 0.25) is 0 Å². The van der Waals surface area contributed by atoms with Gasteiger partial charge in [-0.05, 0) is 38.6 Å². The van der Waals surface area contributed by atoms with Crippen molar-refractivity contribution in [3.63, 3.8) is 0 Å². The van der Waals surface area contributed by atoms with Gasteiger partial charge < -0.3 is 15.0 Å². The highest BCUT2D eigenvalue weighted by Gasteiger charge is 2.11. The number of rotatable bonds is 4. The Morgan fingerprint density at radius 2 is 2.06 bits per heavy atom. The fraction of sp³-hybridized carbons (Fsp3) is 0.429. The average molecular weight is 232 g/mol. The molecule has 0 aliphatic carbocycles. The lowest BCUT2D eigenvalue weighted by Gasteiger charge is -2.15. The minimum atomic E-state index is 0.326. The average Bonchev–Trinajstić information content (AvgIpc) is 2.63. The highest BCUT2D eigenvalue weighted by Crippen LogP contribution is 2.27. The van der Waals surface area contributed by atoms with Gasteiger partial charge in [0.25, 0.3) is 0 Å². The maximum Gasteiger partial charge on any atom is 0.117 e. The van der Waals surface area contributed by atoms with Crippen molar-refractivity contribution >= 4 is 10.9 Å². The summed E-state index contributed by atoms with van der Waals surface area (Å²) in [5.41, 5.74) is 2.37. The molecule has 92 valence electrons. The van der Waals surface area contributed by atoms with Crippen LogP contribution in [0.4, 0.5) is 0 Å². The maximum atomic E-state index is 9.59. The molecule has 0 atom stereocenters. The third kappa shape index (κ3) is 2.29. The van der Waals surface area contributed by atoms with Crippen molar-refractivity contribution in [2.45, 2.75) is 33.4 Å². The number of phenolic OH excluding ortho intramolecular Hbond substituents is 1. The zero-order chi connectivity index (χ0) is 12.4. The van der Waals surface area contributed by atoms with Crippen molar-refractivity contribution < 1.29 is 5.11 Å². The summed E-state index contributed by atoms with van der Waals surface area (Å²) in [4.78, 5) is 0. The van der Waals surface area contributed by atoms with E-state index in [0.29, 0.717) is 11.8 Å². The summed E-state index contributed by atoms with van der Waals surface area (Å²) in [6.45, 7) is 8.26. The normalized spacial score (nSPS) is 11.5. The first-order valence-electron chi connectivity index (χ1n) is 6.17. The van der Waals surface area contributed by atoms with Crippen LogP contribution in [0.15, 0.2) is 24.3 Å². The zero-order valence-corrected chi connectivity index (χ0v) is 10.7. The zero-order valence-electron chi connectivity index (χ0n) is 10.7. The van der Waals surface area contributed by atoms with Crippen LogP contribution in [0.1, 0.15) is 32.5 Å². The molecule has 2 rings (SSSR count). The molecule has 17 heavy (non-hydrogen) atoms. The molecule has 2 N–H and O–H groups in total. The summed E-state index contributed by atoms with van der Waals surface area (Å²) in [5, 5.41) is 14.1. The van der Waals surface area contributed by atoms with Crippen LogP contribution in [-0.4, -0.2) is 16.2 Å². The highest BCUT2D eigenvalue weighted by molar-refractivity contribution is 5.82. The minimum absolute atomic E-state index is 0.326. The topological polar surface area (TPSA) is 37.2 Å². The maximum absolute atomic E-state index is 9.59. The third-order valence-corrected chi connectivity index (χ3v) is 2.98. The van der Waals surface area contributed by atoms with Crippen molar-refractivity contribution in [3.05, 3.63) is 30.0 Å². The van der Waals surface area contributed by atoms with Crippen LogP contribution >= 0.6 is 0 Å². The molecule has 0 bridgehead atoms. The SMILES string of the molecule is CCNCc1cc2ccc(O)cc2n1C(C)C. The number of hydrogen-bond donors (Lipinski definition) is 2. The number of benzene rings is 1. The molecule has 3 heteroatoms. The van der Waals surface area contributed by atoms with Gasteiger partial charge in [0.1, 0.15) is 5.75 Å². The van der Waals surface area contributed by atoms with Gasteiger partial charge in [0.15, 0.2) is 0 Å². The fourth-order valence-electron chi connectivity index (χ4n) is 2.27. The van der Waals surface area contributed by atoms with E-state index in [1.54, 1.807) is 6.07 Å². The number of nitrogens with one attached hydrogen (secondary N) is 1. The number of hydrogen-bond acceptors (Lipinski definition) is 2. The molecule has 0 saturated carbocycles. The Balaban J connectivity index is 2.54. The van der Waals surface area contributed by atoms with Crippen molar-refractivity contribution in [1.82, 2.24) is 9.88 Å². The fourth-order valence-corrected chi connectivity index (χ4v) is 2.27. The van der Waals surface area contributed by atoms with Crippen molar-refractivity contribution in [3.8, 4) is 5.75 Å². The first kappa shape index (κ1) is 12.0. The highest BCUT2D eigenvalue weighted by atomic mass is 16.3. The van der Waals surface area contributed by atoms with Gasteiger partial charge in [-0.15, -0.1) is 0 Å². The molecule has 0 aliphatic rings. The van der Waals surface area contributed by atoms with Gasteiger partial charge in [0.05, 0.1) is 5.52 Å². The van der Waals surface area contributed by atoms with Crippen molar-refractivity contribution in [1.29, 1.82) is 0 Å². The molecule has 2 aromatic rings. The Kier molecular flexibility index (Phi) is 3.38. The van der Waals surface area contributed by atoms with Crippen LogP contribution in [0.25, 0.3) is 10.9 Å². The molecule has 0 saturated heterocycles. The number of aromatic nitrogens is 1. The van der Waals surface area contributed by atoms with E-state index >= 15 is 0 Å². The first-order chi connectivity index (χ1) is 8.13. The lowest BCUT2D eigenvalue weighted by atomic mass is 10.2. The smallest absolute Gasteiger partial charge is 0.117 e. The van der Waals surface area contributed by atoms with E-state index in [1.807, 2.05) is 12.1 Å². The summed E-state index contributed by atoms with van der Waals surface area (Å²) in [5.74, 6) is 0.326. The summed E-state index contributed by atoms with van der Waals surface area (Å²) in [6, 6.07) is 8.13. The van der Waals surface area contributed by atoms with Crippen LogP contribution in [0.5, 0.6) is 5.75 Å². The largest absolute Gasteiger partial charge is 0.508 e. The summed E-state index contributed by atoms with van der Waals surface area (Å²) < 4.78 is 2.28. The Labute approximate surface area is 102 Å². The minimum Gasteiger partial charge on any atom is -0.508 e. The first-order valence-corrected chi connectivity index (χ1v) is 6.17. The Hall–Kier alpha value is -1.48. The summed E-state index contributed by atoms with van der Waals surface area (Å²) in [7, 11) is 0. The Morgan fingerprint density at radius 1 is 1.29 bits per heavy atom. The van der Waals surface area contributed by atoms with Crippen LogP contribution in [-0.2, 0) is 6.54 Å². The molecule has 1 aromatic heterocycles. The van der Waals surface area contributed by atoms with E-state index in [-0.39, 0.29) is 0 Å². The van der Waals surface area contributed by atoms with Gasteiger partial charge in [-0.3, -0.25) is 0 Å². The molecular formula is C14H20N2O. The van der Waals surface area contributed by atoms with E-state index in [0.717, 1.165) is 18.6 Å². The molecule has 3 nitrogen and oxygen atoms in total. The van der Waals surface area contributed by atoms with E-state index < -0.39 is 0 Å². The molecule has 1 aromatic carbocycles. The third-order valence-electron chi connectivity index (χ3n) is 2.98. The van der Waals surface area contributed by atoms with Crippen LogP contribution in [0, 0.1) is 0 Å². The van der Waals surface area contributed by atoms with E-state index in [4.69, 9.17) is 0 Å². The van der Waals surface area contributed by atoms with E-state index in [1.165, 1.54) is 11.1 Å². The molecular weight excluding hydrogens is 212 g/mol. The second-order valence-electron chi connectivity index (χ2n) is 4.62. The number of fused-ring (bicyclic) bond motifs is 1. The second kappa shape index (κ2) is 4.80. The number of aromatic hydroxyl groups is 1.